The Kier molecular flexibility index (Phi) is 3.97. The molecule has 0 spiro atoms. The smallest absolute Gasteiger partial charge is 0.328 e. The molecule has 1 atom stereocenters. The van der Waals surface area contributed by atoms with Crippen molar-refractivity contribution in [1.82, 2.24) is 0 Å². The second-order valence-electron chi connectivity index (χ2n) is 5.21. The Balaban J connectivity index is 2.62. The highest BCUT2D eigenvalue weighted by Gasteiger charge is 2.49. The van der Waals surface area contributed by atoms with E-state index in [4.69, 9.17) is 15.2 Å². The van der Waals surface area contributed by atoms with Crippen LogP contribution in [0.15, 0.2) is 0 Å². The van der Waals surface area contributed by atoms with Gasteiger partial charge < -0.3 is 15.2 Å². The Morgan fingerprint density at radius 2 is 2.00 bits per heavy atom. The van der Waals surface area contributed by atoms with Gasteiger partial charge >= 0.3 is 5.97 Å². The van der Waals surface area contributed by atoms with Crippen LogP contribution in [0.1, 0.15) is 40.0 Å². The molecule has 4 nitrogen and oxygen atoms in total. The lowest BCUT2D eigenvalue weighted by molar-refractivity contribution is -0.153. The van der Waals surface area contributed by atoms with Gasteiger partial charge in [-0.25, -0.2) is 4.79 Å². The Morgan fingerprint density at radius 1 is 1.44 bits per heavy atom. The standard InChI is InChI=1S/C12H23NO3/c1-5-11(2,3)16-8-12(13,9-6-7-9)10(14)15-4/h9H,5-8,13H2,1-4H3. The molecule has 4 heteroatoms. The van der Waals surface area contributed by atoms with Gasteiger partial charge in [0.1, 0.15) is 5.54 Å². The van der Waals surface area contributed by atoms with E-state index < -0.39 is 5.54 Å². The van der Waals surface area contributed by atoms with Crippen LogP contribution in [0.3, 0.4) is 0 Å². The van der Waals surface area contributed by atoms with E-state index in [9.17, 15) is 4.79 Å². The van der Waals surface area contributed by atoms with Crippen molar-refractivity contribution in [3.05, 3.63) is 0 Å². The SMILES string of the molecule is CCC(C)(C)OCC(N)(C(=O)OC)C1CC1. The van der Waals surface area contributed by atoms with E-state index >= 15 is 0 Å². The van der Waals surface area contributed by atoms with Crippen molar-refractivity contribution in [2.75, 3.05) is 13.7 Å². The zero-order valence-corrected chi connectivity index (χ0v) is 10.7. The molecule has 0 aromatic rings. The number of esters is 1. The molecule has 16 heavy (non-hydrogen) atoms. The fraction of sp³-hybridized carbons (Fsp3) is 0.917. The average molecular weight is 229 g/mol. The van der Waals surface area contributed by atoms with Gasteiger partial charge in [0.2, 0.25) is 0 Å². The first-order valence-corrected chi connectivity index (χ1v) is 5.87. The van der Waals surface area contributed by atoms with E-state index in [1.165, 1.54) is 7.11 Å². The molecule has 1 saturated carbocycles. The minimum absolute atomic E-state index is 0.215. The van der Waals surface area contributed by atoms with Crippen LogP contribution in [0.5, 0.6) is 0 Å². The molecule has 0 heterocycles. The lowest BCUT2D eigenvalue weighted by Crippen LogP contribution is -2.55. The highest BCUT2D eigenvalue weighted by molar-refractivity contribution is 5.81. The van der Waals surface area contributed by atoms with Crippen LogP contribution in [-0.4, -0.2) is 30.8 Å². The zero-order chi connectivity index (χ0) is 12.4. The second-order valence-corrected chi connectivity index (χ2v) is 5.21. The van der Waals surface area contributed by atoms with Crippen molar-refractivity contribution < 1.29 is 14.3 Å². The predicted octanol–water partition coefficient (Wildman–Crippen LogP) is 1.47. The lowest BCUT2D eigenvalue weighted by atomic mass is 9.95. The number of carbonyl (C=O) groups excluding carboxylic acids is 1. The van der Waals surface area contributed by atoms with Gasteiger partial charge in [0.15, 0.2) is 0 Å². The van der Waals surface area contributed by atoms with Gasteiger partial charge in [-0.3, -0.25) is 0 Å². The van der Waals surface area contributed by atoms with Crippen LogP contribution >= 0.6 is 0 Å². The van der Waals surface area contributed by atoms with Crippen molar-refractivity contribution in [2.24, 2.45) is 11.7 Å². The predicted molar refractivity (Wildman–Crippen MR) is 62.0 cm³/mol. The Labute approximate surface area is 97.5 Å². The first kappa shape index (κ1) is 13.5. The van der Waals surface area contributed by atoms with E-state index in [1.54, 1.807) is 0 Å². The third kappa shape index (κ3) is 2.95. The molecule has 0 saturated heterocycles. The monoisotopic (exact) mass is 229 g/mol. The Bertz CT molecular complexity index is 261. The molecule has 0 aromatic carbocycles. The third-order valence-corrected chi connectivity index (χ3v) is 3.42. The normalized spacial score (nSPS) is 20.3. The van der Waals surface area contributed by atoms with Crippen molar-refractivity contribution in [1.29, 1.82) is 0 Å². The summed E-state index contributed by atoms with van der Waals surface area (Å²) in [6, 6.07) is 0. The average Bonchev–Trinajstić information content (AvgIpc) is 3.09. The molecule has 1 fully saturated rings. The van der Waals surface area contributed by atoms with Crippen molar-refractivity contribution >= 4 is 5.97 Å². The maximum absolute atomic E-state index is 11.7. The minimum atomic E-state index is -0.957. The highest BCUT2D eigenvalue weighted by Crippen LogP contribution is 2.39. The van der Waals surface area contributed by atoms with E-state index in [1.807, 2.05) is 20.8 Å². The topological polar surface area (TPSA) is 61.5 Å². The number of carbonyl (C=O) groups is 1. The zero-order valence-electron chi connectivity index (χ0n) is 10.7. The minimum Gasteiger partial charge on any atom is -0.468 e. The van der Waals surface area contributed by atoms with Gasteiger partial charge in [-0.15, -0.1) is 0 Å². The van der Waals surface area contributed by atoms with Gasteiger partial charge in [-0.2, -0.15) is 0 Å². The van der Waals surface area contributed by atoms with Gasteiger partial charge in [0.05, 0.1) is 19.3 Å². The molecule has 2 N–H and O–H groups in total. The third-order valence-electron chi connectivity index (χ3n) is 3.42. The number of methoxy groups -OCH3 is 1. The molecular weight excluding hydrogens is 206 g/mol. The first-order valence-electron chi connectivity index (χ1n) is 5.87. The summed E-state index contributed by atoms with van der Waals surface area (Å²) < 4.78 is 10.5. The molecule has 0 radical (unpaired) electrons. The summed E-state index contributed by atoms with van der Waals surface area (Å²) in [6.07, 6.45) is 2.86. The Morgan fingerprint density at radius 3 is 2.38 bits per heavy atom. The molecule has 0 aliphatic heterocycles. The van der Waals surface area contributed by atoms with Crippen molar-refractivity contribution in [3.8, 4) is 0 Å². The van der Waals surface area contributed by atoms with Crippen LogP contribution in [-0.2, 0) is 14.3 Å². The number of ether oxygens (including phenoxy) is 2. The molecule has 1 aliphatic carbocycles. The summed E-state index contributed by atoms with van der Waals surface area (Å²) in [4.78, 5) is 11.7. The molecule has 1 unspecified atom stereocenters. The summed E-state index contributed by atoms with van der Waals surface area (Å²) >= 11 is 0. The van der Waals surface area contributed by atoms with Gasteiger partial charge in [0, 0.05) is 0 Å². The quantitative estimate of drug-likeness (QED) is 0.701. The highest BCUT2D eigenvalue weighted by atomic mass is 16.5. The fourth-order valence-corrected chi connectivity index (χ4v) is 1.55. The first-order chi connectivity index (χ1) is 7.35. The summed E-state index contributed by atoms with van der Waals surface area (Å²) in [5, 5.41) is 0. The molecule has 0 bridgehead atoms. The van der Waals surface area contributed by atoms with Crippen LogP contribution in [0, 0.1) is 5.92 Å². The molecule has 0 aromatic heterocycles. The molecule has 94 valence electrons. The van der Waals surface area contributed by atoms with Gasteiger partial charge in [0.25, 0.3) is 0 Å². The molecule has 0 amide bonds. The number of rotatable bonds is 6. The van der Waals surface area contributed by atoms with E-state index in [0.717, 1.165) is 19.3 Å². The van der Waals surface area contributed by atoms with Crippen molar-refractivity contribution in [2.45, 2.75) is 51.2 Å². The number of hydrogen-bond donors (Lipinski definition) is 1. The maximum atomic E-state index is 11.7. The van der Waals surface area contributed by atoms with Crippen molar-refractivity contribution in [3.63, 3.8) is 0 Å². The van der Waals surface area contributed by atoms with E-state index in [0.29, 0.717) is 0 Å². The van der Waals surface area contributed by atoms with Crippen LogP contribution in [0.2, 0.25) is 0 Å². The molecular formula is C12H23NO3. The van der Waals surface area contributed by atoms with Crippen LogP contribution in [0.4, 0.5) is 0 Å². The largest absolute Gasteiger partial charge is 0.468 e. The van der Waals surface area contributed by atoms with Crippen LogP contribution < -0.4 is 5.73 Å². The van der Waals surface area contributed by atoms with E-state index in [2.05, 4.69) is 0 Å². The summed E-state index contributed by atoms with van der Waals surface area (Å²) in [7, 11) is 1.37. The fourth-order valence-electron chi connectivity index (χ4n) is 1.55. The lowest BCUT2D eigenvalue weighted by Gasteiger charge is -2.31. The maximum Gasteiger partial charge on any atom is 0.328 e. The second kappa shape index (κ2) is 4.72. The molecule has 1 rings (SSSR count). The van der Waals surface area contributed by atoms with Gasteiger partial charge in [-0.05, 0) is 39.0 Å². The number of hydrogen-bond acceptors (Lipinski definition) is 4. The molecule has 1 aliphatic rings. The summed E-state index contributed by atoms with van der Waals surface area (Å²) in [5.41, 5.74) is 4.92. The summed E-state index contributed by atoms with van der Waals surface area (Å²) in [5.74, 6) is -0.144. The van der Waals surface area contributed by atoms with Gasteiger partial charge in [-0.1, -0.05) is 6.92 Å². The van der Waals surface area contributed by atoms with Crippen LogP contribution in [0.25, 0.3) is 0 Å². The van der Waals surface area contributed by atoms with E-state index in [-0.39, 0.29) is 24.1 Å². The number of nitrogens with two attached hydrogens (primary N) is 1. The summed E-state index contributed by atoms with van der Waals surface area (Å²) in [6.45, 7) is 6.29. The Hall–Kier alpha value is -0.610.